The second-order valence-electron chi connectivity index (χ2n) is 7.56. The van der Waals surface area contributed by atoms with Crippen LogP contribution in [0.3, 0.4) is 0 Å². The van der Waals surface area contributed by atoms with Crippen LogP contribution in [-0.2, 0) is 10.2 Å². The Kier molecular flexibility index (Phi) is 4.19. The molecule has 2 aromatic rings. The standard InChI is InChI=1S/C19H24O3/c1-18(2,3)15-12-14(21-17(20)19(4,5)6)16(22-15)13-10-8-7-9-11-13/h7-12H,1-6H3. The van der Waals surface area contributed by atoms with E-state index in [-0.39, 0.29) is 11.4 Å². The van der Waals surface area contributed by atoms with Crippen LogP contribution < -0.4 is 4.74 Å². The Morgan fingerprint density at radius 3 is 2.09 bits per heavy atom. The van der Waals surface area contributed by atoms with Gasteiger partial charge in [-0.3, -0.25) is 4.79 Å². The van der Waals surface area contributed by atoms with E-state index in [4.69, 9.17) is 9.15 Å². The third kappa shape index (κ3) is 3.59. The summed E-state index contributed by atoms with van der Waals surface area (Å²) in [6.07, 6.45) is 0. The first-order valence-corrected chi connectivity index (χ1v) is 7.51. The summed E-state index contributed by atoms with van der Waals surface area (Å²) < 4.78 is 11.6. The van der Waals surface area contributed by atoms with Crippen molar-refractivity contribution in [3.8, 4) is 17.1 Å². The van der Waals surface area contributed by atoms with Gasteiger partial charge in [0.25, 0.3) is 0 Å². The maximum Gasteiger partial charge on any atom is 0.316 e. The van der Waals surface area contributed by atoms with Gasteiger partial charge in [0.2, 0.25) is 0 Å². The maximum atomic E-state index is 12.2. The third-order valence-corrected chi connectivity index (χ3v) is 3.29. The third-order valence-electron chi connectivity index (χ3n) is 3.29. The summed E-state index contributed by atoms with van der Waals surface area (Å²) in [5, 5.41) is 0. The minimum atomic E-state index is -0.562. The highest BCUT2D eigenvalue weighted by molar-refractivity contribution is 5.80. The average molecular weight is 300 g/mol. The van der Waals surface area contributed by atoms with Crippen molar-refractivity contribution < 1.29 is 13.9 Å². The Labute approximate surface area is 132 Å². The number of rotatable bonds is 2. The number of carbonyl (C=O) groups is 1. The van der Waals surface area contributed by atoms with Crippen LogP contribution in [-0.4, -0.2) is 5.97 Å². The number of esters is 1. The van der Waals surface area contributed by atoms with E-state index in [1.54, 1.807) is 0 Å². The molecule has 0 saturated heterocycles. The van der Waals surface area contributed by atoms with Crippen molar-refractivity contribution >= 4 is 5.97 Å². The van der Waals surface area contributed by atoms with Gasteiger partial charge in [-0.1, -0.05) is 51.1 Å². The zero-order valence-electron chi connectivity index (χ0n) is 14.2. The number of carbonyl (C=O) groups excluding carboxylic acids is 1. The van der Waals surface area contributed by atoms with Gasteiger partial charge in [-0.2, -0.15) is 0 Å². The van der Waals surface area contributed by atoms with E-state index < -0.39 is 5.41 Å². The summed E-state index contributed by atoms with van der Waals surface area (Å²) in [5.74, 6) is 1.60. The molecule has 1 aromatic heterocycles. The highest BCUT2D eigenvalue weighted by Gasteiger charge is 2.28. The molecule has 0 unspecified atom stereocenters. The topological polar surface area (TPSA) is 39.4 Å². The molecule has 0 aliphatic heterocycles. The summed E-state index contributed by atoms with van der Waals surface area (Å²) in [5.41, 5.74) is 0.179. The highest BCUT2D eigenvalue weighted by atomic mass is 16.5. The van der Waals surface area contributed by atoms with Crippen molar-refractivity contribution in [2.75, 3.05) is 0 Å². The van der Waals surface area contributed by atoms with Crippen LogP contribution in [0.1, 0.15) is 47.3 Å². The molecule has 0 radical (unpaired) electrons. The molecule has 0 atom stereocenters. The Morgan fingerprint density at radius 1 is 1.00 bits per heavy atom. The number of benzene rings is 1. The summed E-state index contributed by atoms with van der Waals surface area (Å²) >= 11 is 0. The minimum Gasteiger partial charge on any atom is -0.456 e. The zero-order valence-corrected chi connectivity index (χ0v) is 14.2. The molecule has 3 nitrogen and oxygen atoms in total. The quantitative estimate of drug-likeness (QED) is 0.716. The molecule has 0 N–H and O–H groups in total. The number of furan rings is 1. The first kappa shape index (κ1) is 16.3. The minimum absolute atomic E-state index is 0.157. The molecule has 0 fully saturated rings. The molecule has 2 rings (SSSR count). The second-order valence-corrected chi connectivity index (χ2v) is 7.56. The molecule has 1 heterocycles. The number of hydrogen-bond donors (Lipinski definition) is 0. The summed E-state index contributed by atoms with van der Waals surface area (Å²) in [4.78, 5) is 12.2. The Bertz CT molecular complexity index is 652. The predicted octanol–water partition coefficient (Wildman–Crippen LogP) is 5.20. The average Bonchev–Trinajstić information content (AvgIpc) is 2.82. The smallest absolute Gasteiger partial charge is 0.316 e. The maximum absolute atomic E-state index is 12.2. The zero-order chi connectivity index (χ0) is 16.5. The van der Waals surface area contributed by atoms with E-state index in [0.29, 0.717) is 11.5 Å². The molecule has 0 saturated carbocycles. The van der Waals surface area contributed by atoms with Gasteiger partial charge in [0.1, 0.15) is 5.76 Å². The van der Waals surface area contributed by atoms with Gasteiger partial charge in [-0.05, 0) is 20.8 Å². The second kappa shape index (κ2) is 5.64. The van der Waals surface area contributed by atoms with Crippen LogP contribution in [0.2, 0.25) is 0 Å². The van der Waals surface area contributed by atoms with Crippen LogP contribution in [0.4, 0.5) is 0 Å². The lowest BCUT2D eigenvalue weighted by molar-refractivity contribution is -0.142. The van der Waals surface area contributed by atoms with Crippen molar-refractivity contribution in [3.63, 3.8) is 0 Å². The van der Waals surface area contributed by atoms with Gasteiger partial charge in [-0.15, -0.1) is 0 Å². The van der Waals surface area contributed by atoms with Crippen molar-refractivity contribution in [2.45, 2.75) is 47.0 Å². The van der Waals surface area contributed by atoms with E-state index >= 15 is 0 Å². The Balaban J connectivity index is 2.47. The lowest BCUT2D eigenvalue weighted by atomic mass is 9.93. The van der Waals surface area contributed by atoms with Crippen molar-refractivity contribution in [1.82, 2.24) is 0 Å². The lowest BCUT2D eigenvalue weighted by Gasteiger charge is -2.16. The molecule has 0 spiro atoms. The monoisotopic (exact) mass is 300 g/mol. The van der Waals surface area contributed by atoms with E-state index in [1.165, 1.54) is 0 Å². The van der Waals surface area contributed by atoms with Crippen LogP contribution in [0, 0.1) is 5.41 Å². The normalized spacial score (nSPS) is 12.3. The highest BCUT2D eigenvalue weighted by Crippen LogP contribution is 2.38. The molecule has 22 heavy (non-hydrogen) atoms. The first-order chi connectivity index (χ1) is 10.1. The predicted molar refractivity (Wildman–Crippen MR) is 87.9 cm³/mol. The molecule has 0 bridgehead atoms. The molecule has 118 valence electrons. The van der Waals surface area contributed by atoms with Crippen LogP contribution in [0.15, 0.2) is 40.8 Å². The molecule has 0 aliphatic carbocycles. The fourth-order valence-electron chi connectivity index (χ4n) is 1.86. The van der Waals surface area contributed by atoms with Gasteiger partial charge in [0.05, 0.1) is 5.41 Å². The number of hydrogen-bond acceptors (Lipinski definition) is 3. The Morgan fingerprint density at radius 2 is 1.59 bits per heavy atom. The van der Waals surface area contributed by atoms with E-state index in [9.17, 15) is 4.79 Å². The molecule has 3 heteroatoms. The largest absolute Gasteiger partial charge is 0.456 e. The van der Waals surface area contributed by atoms with Gasteiger partial charge in [0, 0.05) is 17.0 Å². The van der Waals surface area contributed by atoms with Crippen molar-refractivity contribution in [1.29, 1.82) is 0 Å². The summed E-state index contributed by atoms with van der Waals surface area (Å²) in [6.45, 7) is 11.7. The van der Waals surface area contributed by atoms with Crippen molar-refractivity contribution in [2.24, 2.45) is 5.41 Å². The fourth-order valence-corrected chi connectivity index (χ4v) is 1.86. The van der Waals surface area contributed by atoms with Crippen LogP contribution >= 0.6 is 0 Å². The number of ether oxygens (including phenoxy) is 1. The summed E-state index contributed by atoms with van der Waals surface area (Å²) in [6, 6.07) is 11.5. The molecule has 0 amide bonds. The van der Waals surface area contributed by atoms with Gasteiger partial charge >= 0.3 is 5.97 Å². The van der Waals surface area contributed by atoms with E-state index in [2.05, 4.69) is 20.8 Å². The fraction of sp³-hybridized carbons (Fsp3) is 0.421. The van der Waals surface area contributed by atoms with E-state index in [1.807, 2.05) is 57.2 Å². The van der Waals surface area contributed by atoms with Crippen molar-refractivity contribution in [3.05, 3.63) is 42.2 Å². The first-order valence-electron chi connectivity index (χ1n) is 7.51. The van der Waals surface area contributed by atoms with E-state index in [0.717, 1.165) is 11.3 Å². The van der Waals surface area contributed by atoms with Crippen LogP contribution in [0.25, 0.3) is 11.3 Å². The lowest BCUT2D eigenvalue weighted by Crippen LogP contribution is -2.25. The Hall–Kier alpha value is -2.03. The summed E-state index contributed by atoms with van der Waals surface area (Å²) in [7, 11) is 0. The van der Waals surface area contributed by atoms with Gasteiger partial charge in [-0.25, -0.2) is 0 Å². The SMILES string of the molecule is CC(C)(C)C(=O)Oc1cc(C(C)(C)C)oc1-c1ccccc1. The molecular formula is C19H24O3. The van der Waals surface area contributed by atoms with Crippen LogP contribution in [0.5, 0.6) is 5.75 Å². The molecule has 1 aromatic carbocycles. The van der Waals surface area contributed by atoms with Gasteiger partial charge in [0.15, 0.2) is 11.5 Å². The molecular weight excluding hydrogens is 276 g/mol. The molecule has 0 aliphatic rings. The van der Waals surface area contributed by atoms with Gasteiger partial charge < -0.3 is 9.15 Å².